The first-order valence-corrected chi connectivity index (χ1v) is 15.0. The summed E-state index contributed by atoms with van der Waals surface area (Å²) in [5.74, 6) is -5.59. The molecule has 2 aromatic rings. The van der Waals surface area contributed by atoms with Crippen molar-refractivity contribution >= 4 is 29.0 Å². The van der Waals surface area contributed by atoms with Crippen LogP contribution in [0.15, 0.2) is 59.6 Å². The van der Waals surface area contributed by atoms with E-state index in [4.69, 9.17) is 0 Å². The topological polar surface area (TPSA) is 78.8 Å². The number of benzodiazepines with no additional fused rings is 1. The van der Waals surface area contributed by atoms with Gasteiger partial charge in [0, 0.05) is 49.3 Å². The van der Waals surface area contributed by atoms with E-state index in [1.165, 1.54) is 11.9 Å². The minimum absolute atomic E-state index is 0.165. The summed E-state index contributed by atoms with van der Waals surface area (Å²) in [6.07, 6.45) is -14.2. The maximum atomic E-state index is 13.7. The molecule has 1 aliphatic heterocycles. The standard InChI is InChI=1S/C33H39F6N3O3/c1-21(2)11-7-10-16-27(43)23(17-19-32(34,35)36)24(18-20-33(37,38)39)30(44)41-29-31(45)42(3)26-15-9-8-14-25(26)28(40-29)22-12-5-4-6-13-22/h4-6,8-9,12-15,21,23-24,29H,7,10-11,16-20H2,1-3H3,(H,41,44)/t23-,24+,29+/m0/s1. The average Bonchev–Trinajstić information content (AvgIpc) is 3.06. The van der Waals surface area contributed by atoms with Crippen molar-refractivity contribution in [2.45, 2.75) is 83.7 Å². The third-order valence-electron chi connectivity index (χ3n) is 7.84. The Morgan fingerprint density at radius 2 is 1.42 bits per heavy atom. The largest absolute Gasteiger partial charge is 0.389 e. The van der Waals surface area contributed by atoms with Crippen molar-refractivity contribution < 1.29 is 40.7 Å². The summed E-state index contributed by atoms with van der Waals surface area (Å²) in [5.41, 5.74) is 1.95. The van der Waals surface area contributed by atoms with Crippen LogP contribution in [-0.4, -0.2) is 48.9 Å². The number of nitrogens with one attached hydrogen (secondary N) is 1. The molecular weight excluding hydrogens is 600 g/mol. The Morgan fingerprint density at radius 1 is 0.844 bits per heavy atom. The van der Waals surface area contributed by atoms with Crippen LogP contribution in [0.3, 0.4) is 0 Å². The van der Waals surface area contributed by atoms with E-state index in [0.29, 0.717) is 41.3 Å². The summed E-state index contributed by atoms with van der Waals surface area (Å²) in [7, 11) is 1.46. The Labute approximate surface area is 259 Å². The Balaban J connectivity index is 1.99. The Kier molecular flexibility index (Phi) is 12.3. The number of Topliss-reactive ketones (excluding diaryl/α,β-unsaturated/α-hetero) is 1. The van der Waals surface area contributed by atoms with Crippen molar-refractivity contribution in [3.63, 3.8) is 0 Å². The van der Waals surface area contributed by atoms with Gasteiger partial charge in [-0.15, -0.1) is 0 Å². The SMILES string of the molecule is CC(C)CCCCC(=O)[C@@H](CCC(F)(F)F)[C@@H](CCC(F)(F)F)C(=O)N[C@H]1N=C(c2ccccc2)c2ccccc2N(C)C1=O. The second-order valence-corrected chi connectivity index (χ2v) is 11.8. The van der Waals surface area contributed by atoms with Gasteiger partial charge in [-0.2, -0.15) is 26.3 Å². The van der Waals surface area contributed by atoms with Crippen LogP contribution in [0, 0.1) is 17.8 Å². The smallest absolute Gasteiger partial charge is 0.326 e. The minimum atomic E-state index is -4.73. The number of amides is 2. The molecule has 246 valence electrons. The molecule has 0 saturated carbocycles. The fraction of sp³-hybridized carbons (Fsp3) is 0.515. The van der Waals surface area contributed by atoms with Crippen molar-refractivity contribution in [2.24, 2.45) is 22.7 Å². The summed E-state index contributed by atoms with van der Waals surface area (Å²) in [6, 6.07) is 15.6. The Bertz CT molecular complexity index is 1340. The van der Waals surface area contributed by atoms with Crippen molar-refractivity contribution in [3.8, 4) is 0 Å². The molecule has 3 rings (SSSR count). The van der Waals surface area contributed by atoms with E-state index >= 15 is 0 Å². The molecule has 0 fully saturated rings. The quantitative estimate of drug-likeness (QED) is 0.170. The molecule has 0 aliphatic carbocycles. The molecule has 3 atom stereocenters. The monoisotopic (exact) mass is 639 g/mol. The van der Waals surface area contributed by atoms with E-state index < -0.39 is 73.6 Å². The number of nitrogens with zero attached hydrogens (tertiary/aromatic N) is 2. The first kappa shape index (κ1) is 35.8. The van der Waals surface area contributed by atoms with Crippen LogP contribution in [0.5, 0.6) is 0 Å². The molecule has 0 spiro atoms. The van der Waals surface area contributed by atoms with Gasteiger partial charge >= 0.3 is 12.4 Å². The third-order valence-corrected chi connectivity index (χ3v) is 7.84. The lowest BCUT2D eigenvalue weighted by molar-refractivity contribution is -0.152. The van der Waals surface area contributed by atoms with Gasteiger partial charge in [0.05, 0.1) is 11.4 Å². The number of likely N-dealkylation sites (N-methyl/N-ethyl adjacent to an activating group) is 1. The van der Waals surface area contributed by atoms with E-state index in [9.17, 15) is 40.7 Å². The molecular formula is C33H39F6N3O3. The van der Waals surface area contributed by atoms with Crippen LogP contribution in [0.2, 0.25) is 0 Å². The van der Waals surface area contributed by atoms with Crippen molar-refractivity contribution in [2.75, 3.05) is 11.9 Å². The van der Waals surface area contributed by atoms with Crippen LogP contribution >= 0.6 is 0 Å². The van der Waals surface area contributed by atoms with Gasteiger partial charge in [-0.1, -0.05) is 75.2 Å². The number of alkyl halides is 6. The Morgan fingerprint density at radius 3 is 2.02 bits per heavy atom. The van der Waals surface area contributed by atoms with Gasteiger partial charge in [-0.05, 0) is 31.2 Å². The molecule has 1 heterocycles. The highest BCUT2D eigenvalue weighted by atomic mass is 19.4. The molecule has 0 saturated heterocycles. The van der Waals surface area contributed by atoms with Crippen LogP contribution in [0.4, 0.5) is 32.0 Å². The molecule has 12 heteroatoms. The molecule has 2 amide bonds. The number of aliphatic imine (C=N–C) groups is 1. The summed E-state index contributed by atoms with van der Waals surface area (Å²) in [5, 5.41) is 2.41. The molecule has 2 aromatic carbocycles. The van der Waals surface area contributed by atoms with Crippen LogP contribution in [0.25, 0.3) is 0 Å². The number of carbonyl (C=O) groups excluding carboxylic acids is 3. The van der Waals surface area contributed by atoms with E-state index in [-0.39, 0.29) is 6.42 Å². The summed E-state index contributed by atoms with van der Waals surface area (Å²) >= 11 is 0. The number of fused-ring (bicyclic) bond motifs is 1. The molecule has 1 N–H and O–H groups in total. The molecule has 0 radical (unpaired) electrons. The number of halogens is 6. The lowest BCUT2D eigenvalue weighted by Gasteiger charge is -2.28. The second-order valence-electron chi connectivity index (χ2n) is 11.8. The molecule has 45 heavy (non-hydrogen) atoms. The zero-order valence-corrected chi connectivity index (χ0v) is 25.5. The van der Waals surface area contributed by atoms with Crippen molar-refractivity contribution in [1.29, 1.82) is 0 Å². The van der Waals surface area contributed by atoms with Gasteiger partial charge in [0.2, 0.25) is 12.1 Å². The lowest BCUT2D eigenvalue weighted by atomic mass is 9.79. The van der Waals surface area contributed by atoms with Crippen molar-refractivity contribution in [3.05, 3.63) is 65.7 Å². The average molecular weight is 640 g/mol. The second kappa shape index (κ2) is 15.5. The third kappa shape index (κ3) is 10.7. The number of ketones is 1. The summed E-state index contributed by atoms with van der Waals surface area (Å²) in [6.45, 7) is 3.95. The highest BCUT2D eigenvalue weighted by Crippen LogP contribution is 2.35. The number of carbonyl (C=O) groups is 3. The predicted octanol–water partition coefficient (Wildman–Crippen LogP) is 7.65. The summed E-state index contributed by atoms with van der Waals surface area (Å²) in [4.78, 5) is 46.4. The lowest BCUT2D eigenvalue weighted by Crippen LogP contribution is -2.49. The number of benzene rings is 2. The van der Waals surface area contributed by atoms with E-state index in [2.05, 4.69) is 10.3 Å². The first-order chi connectivity index (χ1) is 21.1. The number of unbranched alkanes of at least 4 members (excludes halogenated alkanes) is 1. The van der Waals surface area contributed by atoms with Gasteiger partial charge in [0.1, 0.15) is 5.78 Å². The number of para-hydroxylation sites is 1. The maximum Gasteiger partial charge on any atom is 0.389 e. The highest BCUT2D eigenvalue weighted by molar-refractivity contribution is 6.20. The Hall–Kier alpha value is -3.70. The fourth-order valence-corrected chi connectivity index (χ4v) is 5.46. The number of anilines is 1. The molecule has 1 aliphatic rings. The zero-order chi connectivity index (χ0) is 33.4. The maximum absolute atomic E-state index is 13.7. The zero-order valence-electron chi connectivity index (χ0n) is 25.5. The normalized spacial score (nSPS) is 16.9. The molecule has 0 bridgehead atoms. The minimum Gasteiger partial charge on any atom is -0.326 e. The van der Waals surface area contributed by atoms with Crippen LogP contribution < -0.4 is 10.2 Å². The first-order valence-electron chi connectivity index (χ1n) is 15.0. The van der Waals surface area contributed by atoms with Gasteiger partial charge in [0.15, 0.2) is 0 Å². The molecule has 0 aromatic heterocycles. The molecule has 0 unspecified atom stereocenters. The van der Waals surface area contributed by atoms with Gasteiger partial charge in [-0.25, -0.2) is 4.99 Å². The highest BCUT2D eigenvalue weighted by Gasteiger charge is 2.41. The molecule has 6 nitrogen and oxygen atoms in total. The van der Waals surface area contributed by atoms with Gasteiger partial charge in [-0.3, -0.25) is 14.4 Å². The predicted molar refractivity (Wildman–Crippen MR) is 160 cm³/mol. The van der Waals surface area contributed by atoms with Gasteiger partial charge < -0.3 is 10.2 Å². The van der Waals surface area contributed by atoms with E-state index in [0.717, 1.165) is 6.42 Å². The fourth-order valence-electron chi connectivity index (χ4n) is 5.46. The number of hydrogen-bond donors (Lipinski definition) is 1. The number of hydrogen-bond acceptors (Lipinski definition) is 4. The van der Waals surface area contributed by atoms with Gasteiger partial charge in [0.25, 0.3) is 5.91 Å². The summed E-state index contributed by atoms with van der Waals surface area (Å²) < 4.78 is 80.0. The van der Waals surface area contributed by atoms with Crippen LogP contribution in [-0.2, 0) is 14.4 Å². The van der Waals surface area contributed by atoms with Crippen molar-refractivity contribution in [1.82, 2.24) is 5.32 Å². The van der Waals surface area contributed by atoms with E-state index in [1.54, 1.807) is 54.6 Å². The van der Waals surface area contributed by atoms with E-state index in [1.807, 2.05) is 13.8 Å². The number of rotatable bonds is 14. The van der Waals surface area contributed by atoms with Crippen LogP contribution in [0.1, 0.15) is 76.3 Å².